The summed E-state index contributed by atoms with van der Waals surface area (Å²) in [6, 6.07) is -1.94. The maximum Gasteiger partial charge on any atom is 0.408 e. The summed E-state index contributed by atoms with van der Waals surface area (Å²) >= 11 is 12.6. The van der Waals surface area contributed by atoms with E-state index in [-0.39, 0.29) is 49.6 Å². The van der Waals surface area contributed by atoms with Crippen molar-refractivity contribution in [2.24, 2.45) is 29.6 Å². The molecule has 0 aromatic carbocycles. The van der Waals surface area contributed by atoms with Crippen LogP contribution < -0.4 is 21.3 Å². The number of carbonyl (C=O) groups excluding carboxylic acids is 5. The predicted octanol–water partition coefficient (Wildman–Crippen LogP) is 6.59. The van der Waals surface area contributed by atoms with Gasteiger partial charge in [-0.2, -0.15) is 0 Å². The lowest BCUT2D eigenvalue weighted by Gasteiger charge is -2.31. The molecule has 4 amide bonds. The van der Waals surface area contributed by atoms with Crippen LogP contribution in [-0.2, 0) is 23.9 Å². The number of hydrogen-bond acceptors (Lipinski definition) is 6. The Kier molecular flexibility index (Phi) is 22.6. The Morgan fingerprint density at radius 2 is 1.47 bits per heavy atom. The first-order chi connectivity index (χ1) is 23.0. The number of nitrogens with one attached hydrogen (secondary N) is 4. The molecule has 6 atom stereocenters. The third-order valence-corrected chi connectivity index (χ3v) is 8.49. The van der Waals surface area contributed by atoms with Crippen molar-refractivity contribution in [3.05, 3.63) is 49.6 Å². The van der Waals surface area contributed by atoms with Gasteiger partial charge in [-0.05, 0) is 70.6 Å². The van der Waals surface area contributed by atoms with Gasteiger partial charge in [0.25, 0.3) is 5.91 Å². The van der Waals surface area contributed by atoms with Crippen LogP contribution in [-0.4, -0.2) is 65.2 Å². The summed E-state index contributed by atoms with van der Waals surface area (Å²) in [5.41, 5.74) is -0.750. The van der Waals surface area contributed by atoms with E-state index in [2.05, 4.69) is 60.4 Å². The Morgan fingerprint density at radius 1 is 0.898 bits per heavy atom. The summed E-state index contributed by atoms with van der Waals surface area (Å²) in [5.74, 6) is -3.75. The van der Waals surface area contributed by atoms with Crippen molar-refractivity contribution < 1.29 is 28.7 Å². The standard InChI is InChI=1S/C35H54Cl2N4O6.C2H6/c1-9-11-16-27(29(42)33(45)38-18-10-2)40-31(43)24(5)26(30(36)37)17-19-39-32(44)28(41-34(46)47-35(6,7)8)25-20-22(3)14-12-13-15-23(4)21-25;1-2/h9-10,12-15,22-28,30H,1-2,11,16-21H2,3-8H3,(H,38,45)(H,39,44)(H,40,43)(H,41,46);1-2H3/b14-12-,15-13-;. The lowest BCUT2D eigenvalue weighted by molar-refractivity contribution is -0.140. The molecular formula is C37H60Cl2N4O6. The fourth-order valence-corrected chi connectivity index (χ4v) is 6.04. The van der Waals surface area contributed by atoms with Crippen LogP contribution in [0.15, 0.2) is 49.6 Å². The van der Waals surface area contributed by atoms with Crippen LogP contribution in [0.25, 0.3) is 0 Å². The van der Waals surface area contributed by atoms with E-state index in [1.54, 1.807) is 33.8 Å². The van der Waals surface area contributed by atoms with Crippen LogP contribution in [0.1, 0.15) is 87.5 Å². The Balaban J connectivity index is 0.0000113. The molecule has 278 valence electrons. The summed E-state index contributed by atoms with van der Waals surface area (Å²) in [6.07, 6.45) is 12.6. The lowest BCUT2D eigenvalue weighted by atomic mass is 9.83. The van der Waals surface area contributed by atoms with Gasteiger partial charge < -0.3 is 26.0 Å². The highest BCUT2D eigenvalue weighted by Crippen LogP contribution is 2.29. The van der Waals surface area contributed by atoms with E-state index in [0.717, 1.165) is 0 Å². The van der Waals surface area contributed by atoms with Gasteiger partial charge in [-0.25, -0.2) is 4.79 Å². The summed E-state index contributed by atoms with van der Waals surface area (Å²) in [7, 11) is 0. The monoisotopic (exact) mass is 726 g/mol. The number of carbonyl (C=O) groups is 5. The van der Waals surface area contributed by atoms with Crippen molar-refractivity contribution in [1.29, 1.82) is 0 Å². The predicted molar refractivity (Wildman–Crippen MR) is 199 cm³/mol. The Morgan fingerprint density at radius 3 is 1.96 bits per heavy atom. The molecule has 0 bridgehead atoms. The van der Waals surface area contributed by atoms with Crippen molar-refractivity contribution in [2.45, 2.75) is 110 Å². The lowest BCUT2D eigenvalue weighted by Crippen LogP contribution is -2.53. The highest BCUT2D eigenvalue weighted by atomic mass is 35.5. The van der Waals surface area contributed by atoms with Crippen LogP contribution in [0, 0.1) is 29.6 Å². The first kappa shape index (κ1) is 45.9. The molecule has 6 unspecified atom stereocenters. The molecule has 1 rings (SSSR count). The van der Waals surface area contributed by atoms with Crippen molar-refractivity contribution >= 4 is 52.8 Å². The van der Waals surface area contributed by atoms with Gasteiger partial charge in [0.05, 0.1) is 6.04 Å². The van der Waals surface area contributed by atoms with Gasteiger partial charge in [0.2, 0.25) is 17.6 Å². The molecule has 4 N–H and O–H groups in total. The van der Waals surface area contributed by atoms with E-state index >= 15 is 0 Å². The molecular weight excluding hydrogens is 667 g/mol. The molecule has 0 saturated carbocycles. The Hall–Kier alpha value is -3.11. The number of Topliss-reactive ketones (excluding diaryl/α,β-unsaturated/α-hetero) is 1. The zero-order valence-corrected chi connectivity index (χ0v) is 32.2. The summed E-state index contributed by atoms with van der Waals surface area (Å²) in [6.45, 7) is 22.4. The van der Waals surface area contributed by atoms with E-state index in [1.807, 2.05) is 26.0 Å². The van der Waals surface area contributed by atoms with Crippen LogP contribution in [0.4, 0.5) is 4.79 Å². The van der Waals surface area contributed by atoms with Gasteiger partial charge in [0, 0.05) is 24.9 Å². The van der Waals surface area contributed by atoms with Crippen molar-refractivity contribution in [2.75, 3.05) is 13.1 Å². The molecule has 1 aliphatic carbocycles. The van der Waals surface area contributed by atoms with Crippen LogP contribution in [0.3, 0.4) is 0 Å². The zero-order valence-electron chi connectivity index (χ0n) is 30.7. The molecule has 0 radical (unpaired) electrons. The van der Waals surface area contributed by atoms with E-state index in [9.17, 15) is 24.0 Å². The number of amides is 4. The highest BCUT2D eigenvalue weighted by molar-refractivity contribution is 6.44. The van der Waals surface area contributed by atoms with Crippen LogP contribution >= 0.6 is 23.2 Å². The average molecular weight is 728 g/mol. The maximum absolute atomic E-state index is 13.7. The van der Waals surface area contributed by atoms with Gasteiger partial charge in [-0.1, -0.05) is 71.1 Å². The second-order valence-corrected chi connectivity index (χ2v) is 14.4. The third-order valence-electron chi connectivity index (χ3n) is 7.85. The molecule has 0 aliphatic heterocycles. The van der Waals surface area contributed by atoms with E-state index in [4.69, 9.17) is 27.9 Å². The third kappa shape index (κ3) is 18.5. The summed E-state index contributed by atoms with van der Waals surface area (Å²) < 4.78 is 5.49. The molecule has 1 aliphatic rings. The smallest absolute Gasteiger partial charge is 0.408 e. The number of rotatable bonds is 17. The number of halogens is 2. The molecule has 0 aromatic heterocycles. The fraction of sp³-hybridized carbons (Fsp3) is 0.649. The van der Waals surface area contributed by atoms with Crippen molar-refractivity contribution in [1.82, 2.24) is 21.3 Å². The number of ketones is 1. The summed E-state index contributed by atoms with van der Waals surface area (Å²) in [4.78, 5) is 63.9. The average Bonchev–Trinajstić information content (AvgIpc) is 3.11. The second-order valence-electron chi connectivity index (χ2n) is 13.2. The van der Waals surface area contributed by atoms with Crippen LogP contribution in [0.2, 0.25) is 0 Å². The van der Waals surface area contributed by atoms with Gasteiger partial charge in [-0.3, -0.25) is 19.2 Å². The van der Waals surface area contributed by atoms with E-state index < -0.39 is 58.0 Å². The first-order valence-corrected chi connectivity index (χ1v) is 18.1. The van der Waals surface area contributed by atoms with Gasteiger partial charge in [0.1, 0.15) is 16.5 Å². The fourth-order valence-electron chi connectivity index (χ4n) is 5.35. The first-order valence-electron chi connectivity index (χ1n) is 17.2. The minimum atomic E-state index is -1.07. The SMILES string of the molecule is C=CCCC(NC(=O)C(C)C(CCNC(=O)C(NC(=O)OC(C)(C)C)C1CC(C)/C=C\C=C/C(C)C1)C(Cl)Cl)C(=O)C(=O)NCC=C.CC. The molecule has 49 heavy (non-hydrogen) atoms. The number of alkyl halides is 2. The largest absolute Gasteiger partial charge is 0.444 e. The highest BCUT2D eigenvalue weighted by Gasteiger charge is 2.35. The molecule has 12 heteroatoms. The Bertz CT molecular complexity index is 1130. The van der Waals surface area contributed by atoms with Gasteiger partial charge >= 0.3 is 6.09 Å². The van der Waals surface area contributed by atoms with Crippen molar-refractivity contribution in [3.63, 3.8) is 0 Å². The number of alkyl carbamates (subject to hydrolysis) is 1. The van der Waals surface area contributed by atoms with Gasteiger partial charge in [-0.15, -0.1) is 36.4 Å². The van der Waals surface area contributed by atoms with Crippen molar-refractivity contribution in [3.8, 4) is 0 Å². The molecule has 0 spiro atoms. The molecule has 0 saturated heterocycles. The van der Waals surface area contributed by atoms with Crippen LogP contribution in [0.5, 0.6) is 0 Å². The molecule has 0 heterocycles. The number of hydrogen-bond donors (Lipinski definition) is 4. The second kappa shape index (κ2) is 24.1. The van der Waals surface area contributed by atoms with E-state index in [1.165, 1.54) is 6.08 Å². The molecule has 0 aromatic rings. The number of allylic oxidation sites excluding steroid dienone is 5. The number of ether oxygens (including phenoxy) is 1. The topological polar surface area (TPSA) is 143 Å². The molecule has 10 nitrogen and oxygen atoms in total. The quantitative estimate of drug-likeness (QED) is 0.0758. The minimum absolute atomic E-state index is 0.109. The minimum Gasteiger partial charge on any atom is -0.444 e. The van der Waals surface area contributed by atoms with E-state index in [0.29, 0.717) is 19.3 Å². The molecule has 0 fully saturated rings. The Labute approximate surface area is 304 Å². The summed E-state index contributed by atoms with van der Waals surface area (Å²) in [5, 5.41) is 10.8. The zero-order chi connectivity index (χ0) is 37.7. The maximum atomic E-state index is 13.7. The van der Waals surface area contributed by atoms with Gasteiger partial charge in [0.15, 0.2) is 0 Å². The normalized spacial score (nSPS) is 21.2.